The molecular formula is C19H13Cl2N3O3S2. The molecule has 0 unspecified atom stereocenters. The monoisotopic (exact) mass is 465 g/mol. The van der Waals surface area contributed by atoms with Gasteiger partial charge in [0.05, 0.1) is 10.7 Å². The maximum atomic E-state index is 12.8. The molecule has 0 saturated heterocycles. The minimum absolute atomic E-state index is 0.0349. The van der Waals surface area contributed by atoms with Crippen molar-refractivity contribution in [2.45, 2.75) is 15.5 Å². The lowest BCUT2D eigenvalue weighted by Crippen LogP contribution is -2.14. The van der Waals surface area contributed by atoms with Crippen LogP contribution in [-0.2, 0) is 15.8 Å². The van der Waals surface area contributed by atoms with Gasteiger partial charge in [0.25, 0.3) is 10.0 Å². The van der Waals surface area contributed by atoms with Gasteiger partial charge in [-0.25, -0.2) is 13.0 Å². The fourth-order valence-corrected chi connectivity index (χ4v) is 5.52. The Labute approximate surface area is 181 Å². The molecule has 1 N–H and O–H groups in total. The van der Waals surface area contributed by atoms with Crippen LogP contribution in [-0.4, -0.2) is 18.7 Å². The van der Waals surface area contributed by atoms with E-state index >= 15 is 0 Å². The largest absolute Gasteiger partial charge is 0.278 e. The fraction of sp³-hybridized carbons (Fsp3) is 0.0526. The Morgan fingerprint density at radius 3 is 2.59 bits per heavy atom. The van der Waals surface area contributed by atoms with Crippen LogP contribution in [0.25, 0.3) is 11.0 Å². The molecule has 0 aliphatic rings. The van der Waals surface area contributed by atoms with E-state index in [2.05, 4.69) is 15.0 Å². The highest BCUT2D eigenvalue weighted by atomic mass is 35.5. The fourth-order valence-electron chi connectivity index (χ4n) is 2.65. The van der Waals surface area contributed by atoms with Crippen molar-refractivity contribution in [3.63, 3.8) is 0 Å². The van der Waals surface area contributed by atoms with E-state index in [9.17, 15) is 8.42 Å². The third kappa shape index (κ3) is 4.51. The van der Waals surface area contributed by atoms with Crippen LogP contribution in [0.1, 0.15) is 5.56 Å². The Morgan fingerprint density at radius 1 is 0.966 bits per heavy atom. The summed E-state index contributed by atoms with van der Waals surface area (Å²) in [5.74, 6) is 0.614. The Hall–Kier alpha value is -2.26. The number of hydrogen-bond acceptors (Lipinski definition) is 6. The maximum absolute atomic E-state index is 12.8. The molecular weight excluding hydrogens is 453 g/mol. The Balaban J connectivity index is 1.56. The smallest absolute Gasteiger partial charge is 0.263 e. The van der Waals surface area contributed by atoms with Gasteiger partial charge in [0.15, 0.2) is 0 Å². The van der Waals surface area contributed by atoms with Gasteiger partial charge in [0.1, 0.15) is 15.9 Å². The van der Waals surface area contributed by atoms with Crippen LogP contribution in [0, 0.1) is 0 Å². The molecule has 0 spiro atoms. The van der Waals surface area contributed by atoms with Gasteiger partial charge in [-0.15, -0.1) is 11.8 Å². The van der Waals surface area contributed by atoms with E-state index in [0.717, 1.165) is 10.5 Å². The van der Waals surface area contributed by atoms with Crippen molar-refractivity contribution in [2.75, 3.05) is 4.72 Å². The third-order valence-electron chi connectivity index (χ3n) is 4.03. The van der Waals surface area contributed by atoms with Gasteiger partial charge >= 0.3 is 0 Å². The second-order valence-corrected chi connectivity index (χ2v) is 9.56. The minimum Gasteiger partial charge on any atom is -0.278 e. The van der Waals surface area contributed by atoms with Crippen LogP contribution in [0.15, 0.2) is 75.1 Å². The standard InChI is InChI=1S/C19H13Cl2N3O3S2/c20-13-6-8-19(14(21)10-13)29(25,26)24-16-3-1-2-4-18(16)28-11-12-5-7-15-17(9-12)23-27-22-15/h1-10,24H,11H2. The number of sulfonamides is 1. The van der Waals surface area contributed by atoms with Gasteiger partial charge in [-0.05, 0) is 58.3 Å². The van der Waals surface area contributed by atoms with Crippen LogP contribution in [0.4, 0.5) is 5.69 Å². The average Bonchev–Trinajstić information content (AvgIpc) is 3.14. The third-order valence-corrected chi connectivity index (χ3v) is 7.26. The number of rotatable bonds is 6. The first-order valence-electron chi connectivity index (χ1n) is 8.33. The minimum atomic E-state index is -3.87. The van der Waals surface area contributed by atoms with E-state index in [-0.39, 0.29) is 9.92 Å². The number of anilines is 1. The van der Waals surface area contributed by atoms with Gasteiger partial charge in [-0.2, -0.15) is 0 Å². The number of halogens is 2. The van der Waals surface area contributed by atoms with Crippen molar-refractivity contribution in [1.82, 2.24) is 10.3 Å². The van der Waals surface area contributed by atoms with Crippen LogP contribution >= 0.6 is 35.0 Å². The summed E-state index contributed by atoms with van der Waals surface area (Å²) < 4.78 is 32.9. The first-order valence-corrected chi connectivity index (χ1v) is 11.6. The summed E-state index contributed by atoms with van der Waals surface area (Å²) in [5.41, 5.74) is 2.84. The lowest BCUT2D eigenvalue weighted by molar-refractivity contribution is 0.315. The van der Waals surface area contributed by atoms with Crippen LogP contribution in [0.2, 0.25) is 10.0 Å². The summed E-state index contributed by atoms with van der Waals surface area (Å²) in [6.45, 7) is 0. The van der Waals surface area contributed by atoms with Crippen LogP contribution < -0.4 is 4.72 Å². The predicted molar refractivity (Wildman–Crippen MR) is 115 cm³/mol. The number of hydrogen-bond donors (Lipinski definition) is 1. The topological polar surface area (TPSA) is 85.1 Å². The van der Waals surface area contributed by atoms with Gasteiger partial charge in [-0.1, -0.05) is 41.4 Å². The molecule has 148 valence electrons. The van der Waals surface area contributed by atoms with Gasteiger partial charge < -0.3 is 0 Å². The van der Waals surface area contributed by atoms with Gasteiger partial charge in [0, 0.05) is 15.7 Å². The number of benzene rings is 3. The van der Waals surface area contributed by atoms with E-state index in [1.807, 2.05) is 30.3 Å². The number of nitrogens with zero attached hydrogens (tertiary/aromatic N) is 2. The molecule has 0 radical (unpaired) electrons. The zero-order valence-electron chi connectivity index (χ0n) is 14.7. The van der Waals surface area contributed by atoms with Crippen molar-refractivity contribution in [3.8, 4) is 0 Å². The molecule has 3 aromatic carbocycles. The Bertz CT molecular complexity index is 1290. The number of fused-ring (bicyclic) bond motifs is 1. The molecule has 4 rings (SSSR count). The summed E-state index contributed by atoms with van der Waals surface area (Å²) in [6, 6.07) is 17.1. The van der Waals surface area contributed by atoms with Gasteiger partial charge in [0.2, 0.25) is 0 Å². The molecule has 0 aliphatic heterocycles. The number of aromatic nitrogens is 2. The summed E-state index contributed by atoms with van der Waals surface area (Å²) >= 11 is 13.4. The summed E-state index contributed by atoms with van der Waals surface area (Å²) in [6.07, 6.45) is 0. The molecule has 4 aromatic rings. The van der Waals surface area contributed by atoms with Gasteiger partial charge in [-0.3, -0.25) is 4.72 Å². The van der Waals surface area contributed by atoms with Crippen LogP contribution in [0.3, 0.4) is 0 Å². The second-order valence-electron chi connectivity index (χ2n) is 6.05. The lowest BCUT2D eigenvalue weighted by Gasteiger charge is -2.13. The molecule has 29 heavy (non-hydrogen) atoms. The molecule has 0 fully saturated rings. The molecule has 0 atom stereocenters. The quantitative estimate of drug-likeness (QED) is 0.371. The second kappa shape index (κ2) is 8.23. The van der Waals surface area contributed by atoms with E-state index in [1.165, 1.54) is 30.0 Å². The van der Waals surface area contributed by atoms with E-state index in [1.54, 1.807) is 12.1 Å². The molecule has 1 heterocycles. The van der Waals surface area contributed by atoms with Crippen molar-refractivity contribution in [1.29, 1.82) is 0 Å². The molecule has 0 saturated carbocycles. The highest BCUT2D eigenvalue weighted by molar-refractivity contribution is 7.98. The first-order chi connectivity index (χ1) is 13.9. The zero-order chi connectivity index (χ0) is 20.4. The summed E-state index contributed by atoms with van der Waals surface area (Å²) in [5, 5.41) is 8.05. The average molecular weight is 466 g/mol. The summed E-state index contributed by atoms with van der Waals surface area (Å²) in [7, 11) is -3.87. The number of thioether (sulfide) groups is 1. The van der Waals surface area contributed by atoms with Crippen molar-refractivity contribution in [2.24, 2.45) is 0 Å². The predicted octanol–water partition coefficient (Wildman–Crippen LogP) is 5.62. The molecule has 0 aliphatic carbocycles. The van der Waals surface area contributed by atoms with E-state index in [0.29, 0.717) is 27.5 Å². The van der Waals surface area contributed by atoms with Crippen molar-refractivity contribution in [3.05, 3.63) is 76.3 Å². The van der Waals surface area contributed by atoms with Crippen molar-refractivity contribution < 1.29 is 13.0 Å². The molecule has 0 bridgehead atoms. The number of para-hydroxylation sites is 1. The SMILES string of the molecule is O=S(=O)(Nc1ccccc1SCc1ccc2nonc2c1)c1ccc(Cl)cc1Cl. The Kier molecular flexibility index (Phi) is 5.69. The Morgan fingerprint density at radius 2 is 1.76 bits per heavy atom. The highest BCUT2D eigenvalue weighted by Crippen LogP contribution is 2.33. The maximum Gasteiger partial charge on any atom is 0.263 e. The van der Waals surface area contributed by atoms with Crippen molar-refractivity contribution >= 4 is 61.7 Å². The zero-order valence-corrected chi connectivity index (χ0v) is 17.8. The molecule has 10 heteroatoms. The summed E-state index contributed by atoms with van der Waals surface area (Å²) in [4.78, 5) is 0.742. The van der Waals surface area contributed by atoms with E-state index in [4.69, 9.17) is 27.8 Å². The first kappa shape index (κ1) is 20.0. The number of nitrogens with one attached hydrogen (secondary N) is 1. The molecule has 0 amide bonds. The molecule has 6 nitrogen and oxygen atoms in total. The van der Waals surface area contributed by atoms with E-state index < -0.39 is 10.0 Å². The normalized spacial score (nSPS) is 11.7. The molecule has 1 aromatic heterocycles. The van der Waals surface area contributed by atoms with Crippen LogP contribution in [0.5, 0.6) is 0 Å². The lowest BCUT2D eigenvalue weighted by atomic mass is 10.2. The highest BCUT2D eigenvalue weighted by Gasteiger charge is 2.19.